The molecule has 0 spiro atoms. The fourth-order valence-corrected chi connectivity index (χ4v) is 6.01. The Morgan fingerprint density at radius 1 is 0.914 bits per heavy atom. The Labute approximate surface area is 207 Å². The lowest BCUT2D eigenvalue weighted by atomic mass is 9.75. The van der Waals surface area contributed by atoms with Crippen LogP contribution in [0.3, 0.4) is 0 Å². The largest absolute Gasteiger partial charge is 0.508 e. The average Bonchev–Trinajstić information content (AvgIpc) is 3.37. The van der Waals surface area contributed by atoms with E-state index >= 15 is 0 Å². The minimum atomic E-state index is -4.37. The maximum Gasteiger partial charge on any atom is 0.416 e. The molecule has 3 aromatic carbocycles. The number of ether oxygens (including phenoxy) is 1. The Morgan fingerprint density at radius 2 is 1.60 bits per heavy atom. The summed E-state index contributed by atoms with van der Waals surface area (Å²) in [6, 6.07) is 18.8. The van der Waals surface area contributed by atoms with Gasteiger partial charge in [0.25, 0.3) is 0 Å². The Kier molecular flexibility index (Phi) is 6.98. The number of halogens is 3. The van der Waals surface area contributed by atoms with Crippen LogP contribution < -0.4 is 4.74 Å². The number of hydrogen-bond acceptors (Lipinski definition) is 4. The van der Waals surface area contributed by atoms with Gasteiger partial charge in [-0.1, -0.05) is 24.3 Å². The van der Waals surface area contributed by atoms with Crippen molar-refractivity contribution in [1.29, 1.82) is 0 Å². The van der Waals surface area contributed by atoms with E-state index in [1.54, 1.807) is 30.3 Å². The van der Waals surface area contributed by atoms with Crippen LogP contribution in [0, 0.1) is 0 Å². The van der Waals surface area contributed by atoms with Gasteiger partial charge in [-0.25, -0.2) is 0 Å². The fraction of sp³-hybridized carbons (Fsp3) is 0.357. The number of benzene rings is 3. The Hall–Kier alpha value is -2.64. The lowest BCUT2D eigenvalue weighted by Crippen LogP contribution is -2.25. The van der Waals surface area contributed by atoms with Crippen LogP contribution in [0.2, 0.25) is 0 Å². The molecule has 1 saturated heterocycles. The topological polar surface area (TPSA) is 32.7 Å². The predicted molar refractivity (Wildman–Crippen MR) is 132 cm³/mol. The van der Waals surface area contributed by atoms with Gasteiger partial charge in [-0.3, -0.25) is 0 Å². The number of phenolic OH excluding ortho intramolecular Hbond substituents is 1. The molecule has 7 heteroatoms. The molecule has 3 nitrogen and oxygen atoms in total. The molecule has 1 N–H and O–H groups in total. The minimum Gasteiger partial charge on any atom is -0.508 e. The summed E-state index contributed by atoms with van der Waals surface area (Å²) in [5, 5.41) is 10.2. The van der Waals surface area contributed by atoms with Crippen molar-refractivity contribution >= 4 is 11.8 Å². The van der Waals surface area contributed by atoms with E-state index in [1.807, 2.05) is 11.8 Å². The van der Waals surface area contributed by atoms with Gasteiger partial charge in [-0.15, -0.1) is 11.8 Å². The first-order valence-corrected chi connectivity index (χ1v) is 12.9. The average molecular weight is 500 g/mol. The lowest BCUT2D eigenvalue weighted by Gasteiger charge is -2.34. The van der Waals surface area contributed by atoms with E-state index < -0.39 is 11.7 Å². The van der Waals surface area contributed by atoms with E-state index in [0.29, 0.717) is 12.4 Å². The fourth-order valence-electron chi connectivity index (χ4n) is 5.09. The molecule has 3 aromatic rings. The van der Waals surface area contributed by atoms with E-state index in [-0.39, 0.29) is 17.6 Å². The number of nitrogens with zero attached hydrogens (tertiary/aromatic N) is 1. The lowest BCUT2D eigenvalue weighted by molar-refractivity contribution is -0.137. The number of alkyl halides is 3. The highest BCUT2D eigenvalue weighted by atomic mass is 32.2. The third-order valence-electron chi connectivity index (χ3n) is 6.93. The third kappa shape index (κ3) is 5.46. The van der Waals surface area contributed by atoms with Gasteiger partial charge in [0.15, 0.2) is 0 Å². The zero-order valence-corrected chi connectivity index (χ0v) is 20.1. The van der Waals surface area contributed by atoms with Gasteiger partial charge in [0, 0.05) is 34.6 Å². The summed E-state index contributed by atoms with van der Waals surface area (Å²) < 4.78 is 45.3. The Balaban J connectivity index is 1.40. The first-order chi connectivity index (χ1) is 16.9. The minimum absolute atomic E-state index is 0.138. The van der Waals surface area contributed by atoms with E-state index in [0.717, 1.165) is 41.1 Å². The van der Waals surface area contributed by atoms with Crippen molar-refractivity contribution in [3.63, 3.8) is 0 Å². The maximum atomic E-state index is 13.1. The molecule has 0 saturated carbocycles. The number of likely N-dealkylation sites (tertiary alicyclic amines) is 1. The number of rotatable bonds is 6. The van der Waals surface area contributed by atoms with Crippen molar-refractivity contribution < 1.29 is 23.0 Å². The summed E-state index contributed by atoms with van der Waals surface area (Å²) in [5.41, 5.74) is 2.01. The first kappa shape index (κ1) is 24.1. The molecular weight excluding hydrogens is 471 g/mol. The van der Waals surface area contributed by atoms with E-state index in [2.05, 4.69) is 29.2 Å². The van der Waals surface area contributed by atoms with Gasteiger partial charge in [0.1, 0.15) is 11.5 Å². The number of phenols is 1. The predicted octanol–water partition coefficient (Wildman–Crippen LogP) is 6.91. The van der Waals surface area contributed by atoms with Crippen LogP contribution in [0.5, 0.6) is 11.5 Å². The molecule has 2 aliphatic rings. The molecule has 184 valence electrons. The van der Waals surface area contributed by atoms with Gasteiger partial charge in [-0.05, 0) is 79.5 Å². The number of aromatic hydroxyl groups is 1. The Morgan fingerprint density at radius 3 is 2.29 bits per heavy atom. The van der Waals surface area contributed by atoms with Gasteiger partial charge in [0.05, 0.1) is 12.2 Å². The molecule has 0 aromatic heterocycles. The maximum absolute atomic E-state index is 13.1. The van der Waals surface area contributed by atoms with Gasteiger partial charge in [0.2, 0.25) is 0 Å². The van der Waals surface area contributed by atoms with Crippen molar-refractivity contribution in [2.75, 3.05) is 32.0 Å². The van der Waals surface area contributed by atoms with Crippen LogP contribution in [0.1, 0.15) is 46.9 Å². The normalized spacial score (nSPS) is 20.4. The molecule has 0 aliphatic carbocycles. The van der Waals surface area contributed by atoms with Crippen molar-refractivity contribution in [2.45, 2.75) is 35.7 Å². The number of hydrogen-bond donors (Lipinski definition) is 1. The van der Waals surface area contributed by atoms with Crippen molar-refractivity contribution in [3.05, 3.63) is 89.0 Å². The Bertz CT molecular complexity index is 1140. The third-order valence-corrected chi connectivity index (χ3v) is 7.92. The molecular formula is C28H28F3NO2S. The molecule has 2 atom stereocenters. The second-order valence-corrected chi connectivity index (χ2v) is 10.4. The van der Waals surface area contributed by atoms with E-state index in [1.165, 1.54) is 30.8 Å². The van der Waals surface area contributed by atoms with Crippen LogP contribution in [0.25, 0.3) is 0 Å². The second-order valence-electron chi connectivity index (χ2n) is 9.20. The smallest absolute Gasteiger partial charge is 0.416 e. The first-order valence-electron chi connectivity index (χ1n) is 12.0. The van der Waals surface area contributed by atoms with Crippen molar-refractivity contribution in [2.24, 2.45) is 0 Å². The highest BCUT2D eigenvalue weighted by Crippen LogP contribution is 2.47. The zero-order chi connectivity index (χ0) is 24.4. The van der Waals surface area contributed by atoms with E-state index in [4.69, 9.17) is 4.74 Å². The SMILES string of the molecule is Oc1ccc2c(c1)C(c1ccc(SCCN3CCCC3)cc1)[C@@H](c1ccc(C(F)(F)F)cc1)CO2. The highest BCUT2D eigenvalue weighted by molar-refractivity contribution is 7.99. The monoisotopic (exact) mass is 499 g/mol. The van der Waals surface area contributed by atoms with Crippen LogP contribution >= 0.6 is 11.8 Å². The zero-order valence-electron chi connectivity index (χ0n) is 19.3. The number of thioether (sulfide) groups is 1. The summed E-state index contributed by atoms with van der Waals surface area (Å²) in [4.78, 5) is 3.70. The molecule has 2 aliphatic heterocycles. The number of fused-ring (bicyclic) bond motifs is 1. The van der Waals surface area contributed by atoms with Gasteiger partial charge >= 0.3 is 6.18 Å². The molecule has 0 radical (unpaired) electrons. The molecule has 0 amide bonds. The molecule has 0 bridgehead atoms. The van der Waals surface area contributed by atoms with Gasteiger partial charge in [-0.2, -0.15) is 13.2 Å². The quantitative estimate of drug-likeness (QED) is 0.374. The van der Waals surface area contributed by atoms with Crippen LogP contribution in [-0.4, -0.2) is 42.0 Å². The summed E-state index contributed by atoms with van der Waals surface area (Å²) in [6.45, 7) is 3.83. The second kappa shape index (κ2) is 10.2. The van der Waals surface area contributed by atoms with Crippen LogP contribution in [0.4, 0.5) is 13.2 Å². The molecule has 35 heavy (non-hydrogen) atoms. The summed E-state index contributed by atoms with van der Waals surface area (Å²) in [7, 11) is 0. The van der Waals surface area contributed by atoms with Crippen molar-refractivity contribution in [3.8, 4) is 11.5 Å². The van der Waals surface area contributed by atoms with Crippen LogP contribution in [-0.2, 0) is 6.18 Å². The van der Waals surface area contributed by atoms with Gasteiger partial charge < -0.3 is 14.7 Å². The van der Waals surface area contributed by atoms with Crippen molar-refractivity contribution in [1.82, 2.24) is 4.90 Å². The molecule has 1 unspecified atom stereocenters. The molecule has 1 fully saturated rings. The molecule has 5 rings (SSSR count). The standard InChI is InChI=1S/C28H28F3NO2S/c29-28(30,31)21-7-3-19(4-8-21)25-18-34-26-12-9-22(33)17-24(26)27(25)20-5-10-23(11-6-20)35-16-15-32-13-1-2-14-32/h3-12,17,25,27,33H,1-2,13-16,18H2/t25-,27?/m1/s1. The van der Waals surface area contributed by atoms with Crippen LogP contribution in [0.15, 0.2) is 71.6 Å². The summed E-state index contributed by atoms with van der Waals surface area (Å²) in [6.07, 6.45) is -1.79. The summed E-state index contributed by atoms with van der Waals surface area (Å²) >= 11 is 1.84. The summed E-state index contributed by atoms with van der Waals surface area (Å²) in [5.74, 6) is 1.55. The van der Waals surface area contributed by atoms with E-state index in [9.17, 15) is 18.3 Å². The highest BCUT2D eigenvalue weighted by Gasteiger charge is 2.35. The molecule has 2 heterocycles.